The molecule has 3 heterocycles. The zero-order valence-electron chi connectivity index (χ0n) is 12.4. The summed E-state index contributed by atoms with van der Waals surface area (Å²) >= 11 is 0. The highest BCUT2D eigenvalue weighted by molar-refractivity contribution is 7.89. The van der Waals surface area contributed by atoms with Crippen molar-refractivity contribution < 1.29 is 27.5 Å². The van der Waals surface area contributed by atoms with Crippen molar-refractivity contribution in [2.24, 2.45) is 11.3 Å². The van der Waals surface area contributed by atoms with E-state index in [-0.39, 0.29) is 24.7 Å². The molecule has 4 rings (SSSR count). The van der Waals surface area contributed by atoms with E-state index in [4.69, 9.17) is 4.42 Å². The second-order valence-electron chi connectivity index (χ2n) is 6.13. The third kappa shape index (κ3) is 1.91. The molecule has 1 aromatic carbocycles. The minimum absolute atomic E-state index is 0.0714. The molecule has 9 heteroatoms. The van der Waals surface area contributed by atoms with Crippen molar-refractivity contribution >= 4 is 32.9 Å². The molecule has 0 bridgehead atoms. The predicted octanol–water partition coefficient (Wildman–Crippen LogP) is 0.254. The van der Waals surface area contributed by atoms with Crippen LogP contribution in [0.1, 0.15) is 0 Å². The summed E-state index contributed by atoms with van der Waals surface area (Å²) in [7, 11) is -4.01. The molecule has 0 aliphatic carbocycles. The predicted molar refractivity (Wildman–Crippen MR) is 81.5 cm³/mol. The summed E-state index contributed by atoms with van der Waals surface area (Å²) in [4.78, 5) is 23.6. The van der Waals surface area contributed by atoms with Crippen molar-refractivity contribution in [3.63, 3.8) is 0 Å². The summed E-state index contributed by atoms with van der Waals surface area (Å²) in [6.45, 7) is -0.499. The first-order chi connectivity index (χ1) is 11.3. The van der Waals surface area contributed by atoms with Gasteiger partial charge in [-0.25, -0.2) is 8.42 Å². The van der Waals surface area contributed by atoms with Gasteiger partial charge in [-0.1, -0.05) is 18.2 Å². The lowest BCUT2D eigenvalue weighted by atomic mass is 9.81. The van der Waals surface area contributed by atoms with Crippen molar-refractivity contribution in [2.45, 2.75) is 5.09 Å². The number of nitrogens with one attached hydrogen (secondary N) is 1. The molecule has 2 aliphatic heterocycles. The Bertz CT molecular complexity index is 932. The maximum atomic E-state index is 12.8. The molecule has 126 valence electrons. The van der Waals surface area contributed by atoms with Gasteiger partial charge in [0.05, 0.1) is 5.92 Å². The number of nitrogens with zero attached hydrogens (tertiary/aromatic N) is 1. The molecule has 0 unspecified atom stereocenters. The van der Waals surface area contributed by atoms with Gasteiger partial charge in [-0.2, -0.15) is 4.31 Å². The third-order valence-corrected chi connectivity index (χ3v) is 6.50. The number of carbonyl (C=O) groups excluding carboxylic acids is 1. The summed E-state index contributed by atoms with van der Waals surface area (Å²) in [5.74, 6) is -2.50. The van der Waals surface area contributed by atoms with Crippen LogP contribution < -0.4 is 5.32 Å². The molecule has 2 saturated heterocycles. The van der Waals surface area contributed by atoms with Gasteiger partial charge in [-0.05, 0) is 6.07 Å². The summed E-state index contributed by atoms with van der Waals surface area (Å²) in [5.41, 5.74) is -0.989. The smallest absolute Gasteiger partial charge is 0.313 e. The van der Waals surface area contributed by atoms with Gasteiger partial charge < -0.3 is 14.8 Å². The third-order valence-electron chi connectivity index (χ3n) is 4.83. The van der Waals surface area contributed by atoms with Crippen LogP contribution in [-0.2, 0) is 19.6 Å². The molecule has 24 heavy (non-hydrogen) atoms. The van der Waals surface area contributed by atoms with Crippen molar-refractivity contribution in [3.05, 3.63) is 30.3 Å². The minimum Gasteiger partial charge on any atom is -0.481 e. The topological polar surface area (TPSA) is 117 Å². The lowest BCUT2D eigenvalue weighted by Gasteiger charge is -2.21. The summed E-state index contributed by atoms with van der Waals surface area (Å²) in [6.07, 6.45) is 0. The Labute approximate surface area is 137 Å². The highest BCUT2D eigenvalue weighted by Gasteiger charge is 2.61. The highest BCUT2D eigenvalue weighted by atomic mass is 32.2. The number of aliphatic carboxylic acids is 1. The van der Waals surface area contributed by atoms with Crippen LogP contribution in [0, 0.1) is 11.3 Å². The number of para-hydroxylation sites is 1. The van der Waals surface area contributed by atoms with Crippen LogP contribution in [0.5, 0.6) is 0 Å². The number of carbonyl (C=O) groups is 2. The van der Waals surface area contributed by atoms with Crippen LogP contribution in [0.15, 0.2) is 39.8 Å². The number of rotatable bonds is 3. The molecule has 0 radical (unpaired) electrons. The Morgan fingerprint density at radius 1 is 1.38 bits per heavy atom. The average Bonchev–Trinajstić information content (AvgIpc) is 3.21. The van der Waals surface area contributed by atoms with Crippen LogP contribution >= 0.6 is 0 Å². The normalized spacial score (nSPS) is 27.3. The quantitative estimate of drug-likeness (QED) is 0.820. The average molecular weight is 350 g/mol. The number of amides is 1. The molecular weight excluding hydrogens is 336 g/mol. The van der Waals surface area contributed by atoms with Gasteiger partial charge in [0.25, 0.3) is 10.0 Å². The van der Waals surface area contributed by atoms with Gasteiger partial charge in [0.15, 0.2) is 0 Å². The number of carboxylic acid groups (broad SMARTS) is 1. The van der Waals surface area contributed by atoms with E-state index in [9.17, 15) is 23.1 Å². The number of hydrogen-bond acceptors (Lipinski definition) is 5. The molecule has 1 amide bonds. The molecular formula is C15H14N2O6S. The fourth-order valence-corrected chi connectivity index (χ4v) is 4.91. The summed E-state index contributed by atoms with van der Waals surface area (Å²) in [6, 6.07) is 8.28. The number of sulfonamides is 1. The van der Waals surface area contributed by atoms with Crippen molar-refractivity contribution in [1.82, 2.24) is 9.62 Å². The van der Waals surface area contributed by atoms with E-state index >= 15 is 0 Å². The maximum absolute atomic E-state index is 12.8. The number of carboxylic acids is 1. The van der Waals surface area contributed by atoms with Crippen LogP contribution in [0.4, 0.5) is 0 Å². The van der Waals surface area contributed by atoms with Crippen LogP contribution in [0.25, 0.3) is 11.0 Å². The minimum atomic E-state index is -4.01. The summed E-state index contributed by atoms with van der Waals surface area (Å²) in [5, 5.41) is 12.4. The van der Waals surface area contributed by atoms with Crippen molar-refractivity contribution in [3.8, 4) is 0 Å². The Morgan fingerprint density at radius 2 is 2.12 bits per heavy atom. The Hall–Kier alpha value is -2.39. The van der Waals surface area contributed by atoms with E-state index in [1.54, 1.807) is 24.3 Å². The van der Waals surface area contributed by atoms with Gasteiger partial charge in [0.2, 0.25) is 11.0 Å². The maximum Gasteiger partial charge on any atom is 0.313 e. The lowest BCUT2D eigenvalue weighted by Crippen LogP contribution is -2.41. The highest BCUT2D eigenvalue weighted by Crippen LogP contribution is 2.42. The Morgan fingerprint density at radius 3 is 2.79 bits per heavy atom. The monoisotopic (exact) mass is 350 g/mol. The van der Waals surface area contributed by atoms with Crippen LogP contribution in [-0.4, -0.2) is 49.3 Å². The molecule has 2 aromatic rings. The number of furan rings is 1. The van der Waals surface area contributed by atoms with E-state index in [0.717, 1.165) is 4.31 Å². The molecule has 2 fully saturated rings. The zero-order valence-corrected chi connectivity index (χ0v) is 13.2. The molecule has 2 atom stereocenters. The van der Waals surface area contributed by atoms with Gasteiger partial charge in [-0.15, -0.1) is 0 Å². The largest absolute Gasteiger partial charge is 0.481 e. The molecule has 0 spiro atoms. The fraction of sp³-hybridized carbons (Fsp3) is 0.333. The van der Waals surface area contributed by atoms with Gasteiger partial charge >= 0.3 is 5.97 Å². The standard InChI is InChI=1S/C15H14N2O6S/c18-13-10-6-17(8-15(10,7-16-13)14(19)20)24(21,22)12-5-9-3-1-2-4-11(9)23-12/h1-5,10H,6-8H2,(H,16,18)(H,19,20)/t10-,15+/m1/s1. The Balaban J connectivity index is 1.73. The van der Waals surface area contributed by atoms with Crippen LogP contribution in [0.2, 0.25) is 0 Å². The lowest BCUT2D eigenvalue weighted by molar-refractivity contribution is -0.149. The summed E-state index contributed by atoms with van der Waals surface area (Å²) < 4.78 is 32.1. The molecule has 2 N–H and O–H groups in total. The van der Waals surface area contributed by atoms with Gasteiger partial charge in [0.1, 0.15) is 11.0 Å². The van der Waals surface area contributed by atoms with E-state index in [0.29, 0.717) is 11.0 Å². The second-order valence-corrected chi connectivity index (χ2v) is 8.00. The van der Waals surface area contributed by atoms with Crippen molar-refractivity contribution in [2.75, 3.05) is 19.6 Å². The molecule has 0 saturated carbocycles. The second kappa shape index (κ2) is 4.81. The molecule has 2 aliphatic rings. The molecule has 1 aromatic heterocycles. The van der Waals surface area contributed by atoms with E-state index in [1.165, 1.54) is 6.07 Å². The van der Waals surface area contributed by atoms with E-state index in [1.807, 2.05) is 0 Å². The first-order valence-electron chi connectivity index (χ1n) is 7.34. The number of benzene rings is 1. The van der Waals surface area contributed by atoms with E-state index in [2.05, 4.69) is 5.32 Å². The van der Waals surface area contributed by atoms with Gasteiger partial charge in [-0.3, -0.25) is 9.59 Å². The number of hydrogen-bond donors (Lipinski definition) is 2. The van der Waals surface area contributed by atoms with Crippen molar-refractivity contribution in [1.29, 1.82) is 0 Å². The fourth-order valence-electron chi connectivity index (χ4n) is 3.44. The van der Waals surface area contributed by atoms with Gasteiger partial charge in [0, 0.05) is 31.1 Å². The van der Waals surface area contributed by atoms with Crippen LogP contribution in [0.3, 0.4) is 0 Å². The first-order valence-corrected chi connectivity index (χ1v) is 8.78. The number of fused-ring (bicyclic) bond motifs is 2. The first kappa shape index (κ1) is 15.2. The van der Waals surface area contributed by atoms with E-state index < -0.39 is 33.2 Å². The Kier molecular flexibility index (Phi) is 3.03. The zero-order chi connectivity index (χ0) is 17.1. The molecule has 8 nitrogen and oxygen atoms in total. The SMILES string of the molecule is O=C1NC[C@]2(C(=O)O)CN(S(=O)(=O)c3cc4ccccc4o3)C[C@H]12.